The van der Waals surface area contributed by atoms with Crippen LogP contribution in [0.25, 0.3) is 5.57 Å². The maximum Gasteiger partial charge on any atom is 0.320 e. The number of anilines is 1. The number of aryl methyl sites for hydroxylation is 1. The van der Waals surface area contributed by atoms with E-state index in [0.29, 0.717) is 44.0 Å². The SMILES string of the molecule is COCCN1C[C@@H](NC(=O)Nc2ccnn2C2C=CC(C)=C(c3cccnc3C)C2)[C@H](c2ccc(F)c(F)c2)C1. The summed E-state index contributed by atoms with van der Waals surface area (Å²) in [5.41, 5.74) is 5.09. The van der Waals surface area contributed by atoms with Gasteiger partial charge in [0.1, 0.15) is 5.82 Å². The van der Waals surface area contributed by atoms with E-state index in [9.17, 15) is 13.6 Å². The average molecular weight is 549 g/mol. The third-order valence-corrected chi connectivity index (χ3v) is 7.71. The summed E-state index contributed by atoms with van der Waals surface area (Å²) < 4.78 is 34.7. The lowest BCUT2D eigenvalue weighted by Crippen LogP contribution is -2.42. The summed E-state index contributed by atoms with van der Waals surface area (Å²) in [6.07, 6.45) is 8.33. The summed E-state index contributed by atoms with van der Waals surface area (Å²) in [5, 5.41) is 10.5. The summed E-state index contributed by atoms with van der Waals surface area (Å²) >= 11 is 0. The minimum absolute atomic E-state index is 0.0884. The molecule has 2 aliphatic rings. The molecule has 8 nitrogen and oxygen atoms in total. The van der Waals surface area contributed by atoms with Gasteiger partial charge in [-0.2, -0.15) is 5.10 Å². The highest BCUT2D eigenvalue weighted by Gasteiger charge is 2.35. The van der Waals surface area contributed by atoms with E-state index >= 15 is 0 Å². The van der Waals surface area contributed by atoms with E-state index in [1.54, 1.807) is 36.3 Å². The van der Waals surface area contributed by atoms with E-state index in [2.05, 4.69) is 50.8 Å². The highest BCUT2D eigenvalue weighted by Crippen LogP contribution is 2.36. The number of methoxy groups -OCH3 is 1. The molecular formula is C30H34F2N6O2. The molecule has 210 valence electrons. The first-order chi connectivity index (χ1) is 19.3. The van der Waals surface area contributed by atoms with Crippen molar-refractivity contribution in [2.24, 2.45) is 0 Å². The van der Waals surface area contributed by atoms with Crippen LogP contribution in [-0.2, 0) is 4.74 Å². The number of halogens is 2. The maximum atomic E-state index is 14.0. The second-order valence-electron chi connectivity index (χ2n) is 10.3. The lowest BCUT2D eigenvalue weighted by molar-refractivity contribution is 0.159. The third kappa shape index (κ3) is 5.97. The average Bonchev–Trinajstić information content (AvgIpc) is 3.56. The second-order valence-corrected chi connectivity index (χ2v) is 10.3. The Bertz CT molecular complexity index is 1440. The number of carbonyl (C=O) groups is 1. The monoisotopic (exact) mass is 548 g/mol. The molecule has 3 aromatic rings. The molecule has 3 heterocycles. The van der Waals surface area contributed by atoms with Gasteiger partial charge in [0.15, 0.2) is 11.6 Å². The number of urea groups is 1. The molecular weight excluding hydrogens is 514 g/mol. The number of ether oxygens (including phenoxy) is 1. The number of aromatic nitrogens is 3. The Labute approximate surface area is 232 Å². The molecule has 3 atom stereocenters. The second kappa shape index (κ2) is 12.1. The molecule has 2 N–H and O–H groups in total. The molecule has 1 aliphatic carbocycles. The number of nitrogens with zero attached hydrogens (tertiary/aromatic N) is 4. The van der Waals surface area contributed by atoms with E-state index in [4.69, 9.17) is 4.74 Å². The van der Waals surface area contributed by atoms with Crippen molar-refractivity contribution >= 4 is 17.4 Å². The van der Waals surface area contributed by atoms with Gasteiger partial charge in [-0.25, -0.2) is 18.3 Å². The Balaban J connectivity index is 1.30. The topological polar surface area (TPSA) is 84.3 Å². The summed E-state index contributed by atoms with van der Waals surface area (Å²) in [6, 6.07) is 8.93. The Morgan fingerprint density at radius 3 is 2.75 bits per heavy atom. The number of likely N-dealkylation sites (tertiary alicyclic amines) is 1. The number of hydrogen-bond acceptors (Lipinski definition) is 5. The predicted octanol–water partition coefficient (Wildman–Crippen LogP) is 5.08. The smallest absolute Gasteiger partial charge is 0.320 e. The van der Waals surface area contributed by atoms with Crippen LogP contribution < -0.4 is 10.6 Å². The molecule has 5 rings (SSSR count). The summed E-state index contributed by atoms with van der Waals surface area (Å²) in [7, 11) is 1.63. The number of allylic oxidation sites excluding steroid dienone is 4. The van der Waals surface area contributed by atoms with E-state index in [-0.39, 0.29) is 24.0 Å². The Morgan fingerprint density at radius 2 is 1.98 bits per heavy atom. The minimum atomic E-state index is -0.898. The van der Waals surface area contributed by atoms with Crippen molar-refractivity contribution in [1.29, 1.82) is 0 Å². The molecule has 1 aliphatic heterocycles. The van der Waals surface area contributed by atoms with Crippen LogP contribution in [0.3, 0.4) is 0 Å². The normalized spacial score (nSPS) is 21.2. The van der Waals surface area contributed by atoms with Gasteiger partial charge in [0, 0.05) is 50.6 Å². The van der Waals surface area contributed by atoms with Gasteiger partial charge in [0.2, 0.25) is 0 Å². The number of hydrogen-bond donors (Lipinski definition) is 2. The van der Waals surface area contributed by atoms with Crippen molar-refractivity contribution in [3.63, 3.8) is 0 Å². The van der Waals surface area contributed by atoms with E-state index < -0.39 is 11.6 Å². The van der Waals surface area contributed by atoms with Crippen molar-refractivity contribution < 1.29 is 18.3 Å². The molecule has 2 aromatic heterocycles. The van der Waals surface area contributed by atoms with Gasteiger partial charge in [0.25, 0.3) is 0 Å². The molecule has 1 saturated heterocycles. The quantitative estimate of drug-likeness (QED) is 0.411. The zero-order chi connectivity index (χ0) is 28.2. The number of nitrogens with one attached hydrogen (secondary N) is 2. The van der Waals surface area contributed by atoms with E-state index in [0.717, 1.165) is 17.3 Å². The Morgan fingerprint density at radius 1 is 1.12 bits per heavy atom. The molecule has 2 amide bonds. The van der Waals surface area contributed by atoms with Crippen molar-refractivity contribution in [2.45, 2.75) is 38.3 Å². The first-order valence-electron chi connectivity index (χ1n) is 13.4. The number of carbonyl (C=O) groups excluding carboxylic acids is 1. The van der Waals surface area contributed by atoms with Gasteiger partial charge < -0.3 is 10.1 Å². The van der Waals surface area contributed by atoms with Crippen LogP contribution in [0.15, 0.2) is 66.5 Å². The predicted molar refractivity (Wildman–Crippen MR) is 150 cm³/mol. The number of amides is 2. The van der Waals surface area contributed by atoms with Gasteiger partial charge in [-0.15, -0.1) is 0 Å². The van der Waals surface area contributed by atoms with Crippen molar-refractivity contribution in [3.8, 4) is 0 Å². The fourth-order valence-corrected chi connectivity index (χ4v) is 5.60. The van der Waals surface area contributed by atoms with Crippen LogP contribution in [0.1, 0.15) is 42.1 Å². The highest BCUT2D eigenvalue weighted by molar-refractivity contribution is 5.88. The Kier molecular flexibility index (Phi) is 8.37. The highest BCUT2D eigenvalue weighted by atomic mass is 19.2. The van der Waals surface area contributed by atoms with Crippen molar-refractivity contribution in [1.82, 2.24) is 25.0 Å². The van der Waals surface area contributed by atoms with Gasteiger partial charge in [-0.3, -0.25) is 15.2 Å². The molecule has 40 heavy (non-hydrogen) atoms. The maximum absolute atomic E-state index is 14.0. The zero-order valence-electron chi connectivity index (χ0n) is 22.9. The van der Waals surface area contributed by atoms with Crippen LogP contribution in [-0.4, -0.2) is 65.1 Å². The zero-order valence-corrected chi connectivity index (χ0v) is 22.9. The summed E-state index contributed by atoms with van der Waals surface area (Å²) in [4.78, 5) is 19.8. The molecule has 1 aromatic carbocycles. The molecule has 1 fully saturated rings. The van der Waals surface area contributed by atoms with Crippen molar-refractivity contribution in [3.05, 3.63) is 95.0 Å². The standard InChI is InChI=1S/C30H34F2N6O2/c1-19-6-8-22(16-24(19)23-5-4-11-33-20(23)2)38-29(10-12-34-38)36-30(39)35-28-18-37(13-14-40-3)17-25(28)21-7-9-26(31)27(32)15-21/h4-12,15,22,25,28H,13-14,16-18H2,1-3H3,(H2,35,36,39)/t22?,25-,28+/m0/s1. The van der Waals surface area contributed by atoms with Gasteiger partial charge in [-0.1, -0.05) is 24.3 Å². The van der Waals surface area contributed by atoms with Crippen LogP contribution in [0.2, 0.25) is 0 Å². The third-order valence-electron chi connectivity index (χ3n) is 7.71. The first-order valence-corrected chi connectivity index (χ1v) is 13.4. The molecule has 10 heteroatoms. The minimum Gasteiger partial charge on any atom is -0.383 e. The van der Waals surface area contributed by atoms with Crippen molar-refractivity contribution in [2.75, 3.05) is 38.7 Å². The van der Waals surface area contributed by atoms with Gasteiger partial charge in [0.05, 0.1) is 24.9 Å². The lowest BCUT2D eigenvalue weighted by Gasteiger charge is -2.25. The van der Waals surface area contributed by atoms with E-state index in [1.165, 1.54) is 17.2 Å². The van der Waals surface area contributed by atoms with Crippen LogP contribution in [0, 0.1) is 18.6 Å². The fourth-order valence-electron chi connectivity index (χ4n) is 5.60. The first kappa shape index (κ1) is 27.7. The molecule has 0 spiro atoms. The molecule has 0 bridgehead atoms. The van der Waals surface area contributed by atoms with Gasteiger partial charge >= 0.3 is 6.03 Å². The van der Waals surface area contributed by atoms with Gasteiger partial charge in [-0.05, 0) is 60.7 Å². The number of rotatable bonds is 8. The van der Waals surface area contributed by atoms with Crippen LogP contribution in [0.4, 0.5) is 19.4 Å². The summed E-state index contributed by atoms with van der Waals surface area (Å²) in [5.74, 6) is -1.43. The number of pyridine rings is 1. The molecule has 0 saturated carbocycles. The number of benzene rings is 1. The van der Waals surface area contributed by atoms with E-state index in [1.807, 2.05) is 13.0 Å². The largest absolute Gasteiger partial charge is 0.383 e. The van der Waals surface area contributed by atoms with Crippen LogP contribution in [0.5, 0.6) is 0 Å². The molecule has 1 unspecified atom stereocenters. The fraction of sp³-hybridized carbons (Fsp3) is 0.367. The molecule has 0 radical (unpaired) electrons. The Hall–Kier alpha value is -3.89. The summed E-state index contributed by atoms with van der Waals surface area (Å²) in [6.45, 7) is 6.44. The van der Waals surface area contributed by atoms with Crippen LogP contribution >= 0.6 is 0 Å². The lowest BCUT2D eigenvalue weighted by atomic mass is 9.89.